The van der Waals surface area contributed by atoms with E-state index in [0.717, 1.165) is 0 Å². The first-order chi connectivity index (χ1) is 9.95. The van der Waals surface area contributed by atoms with E-state index >= 15 is 0 Å². The van der Waals surface area contributed by atoms with Crippen molar-refractivity contribution in [3.8, 4) is 5.75 Å². The van der Waals surface area contributed by atoms with Crippen molar-refractivity contribution >= 4 is 29.0 Å². The monoisotopic (exact) mass is 313 g/mol. The molecule has 0 aliphatic heterocycles. The molecule has 1 heterocycles. The second kappa shape index (κ2) is 6.36. The Morgan fingerprint density at radius 3 is 2.52 bits per heavy atom. The Bertz CT molecular complexity index is 650. The van der Waals surface area contributed by atoms with Gasteiger partial charge in [0.25, 0.3) is 5.91 Å². The van der Waals surface area contributed by atoms with E-state index in [1.807, 2.05) is 0 Å². The molecule has 8 heteroatoms. The van der Waals surface area contributed by atoms with Gasteiger partial charge in [0.1, 0.15) is 17.3 Å². The van der Waals surface area contributed by atoms with E-state index in [9.17, 15) is 13.6 Å². The number of nitrogens with two attached hydrogens (primary N) is 1. The van der Waals surface area contributed by atoms with Crippen LogP contribution in [-0.2, 0) is 0 Å². The minimum Gasteiger partial charge on any atom is -0.435 e. The van der Waals surface area contributed by atoms with Gasteiger partial charge in [-0.3, -0.25) is 4.79 Å². The molecule has 3 N–H and O–H groups in total. The summed E-state index contributed by atoms with van der Waals surface area (Å²) in [5.74, 6) is -0.414. The maximum atomic E-state index is 12.0. The van der Waals surface area contributed by atoms with Crippen molar-refractivity contribution in [2.75, 3.05) is 11.1 Å². The third-order valence-electron chi connectivity index (χ3n) is 2.42. The van der Waals surface area contributed by atoms with Crippen LogP contribution in [0.15, 0.2) is 36.4 Å². The third-order valence-corrected chi connectivity index (χ3v) is 2.72. The lowest BCUT2D eigenvalue weighted by Crippen LogP contribution is -2.15. The van der Waals surface area contributed by atoms with Crippen molar-refractivity contribution in [3.05, 3.63) is 47.1 Å². The van der Waals surface area contributed by atoms with Gasteiger partial charge in [0.2, 0.25) is 0 Å². The number of rotatable bonds is 4. The quantitative estimate of drug-likeness (QED) is 0.909. The van der Waals surface area contributed by atoms with Crippen LogP contribution >= 0.6 is 11.6 Å². The fourth-order valence-electron chi connectivity index (χ4n) is 1.53. The lowest BCUT2D eigenvalue weighted by molar-refractivity contribution is -0.0498. The van der Waals surface area contributed by atoms with E-state index < -0.39 is 12.5 Å². The molecule has 2 aromatic rings. The SMILES string of the molecule is Nc1ccc(Cl)c(C(=O)Nc2ccc(OC(F)F)cc2)n1. The molecule has 0 spiro atoms. The molecule has 0 fully saturated rings. The topological polar surface area (TPSA) is 77.2 Å². The largest absolute Gasteiger partial charge is 0.435 e. The molecular weight excluding hydrogens is 304 g/mol. The minimum absolute atomic E-state index is 0.0110. The summed E-state index contributed by atoms with van der Waals surface area (Å²) < 4.78 is 28.2. The van der Waals surface area contributed by atoms with Gasteiger partial charge >= 0.3 is 6.61 Å². The summed E-state index contributed by atoms with van der Waals surface area (Å²) in [5.41, 5.74) is 5.84. The summed E-state index contributed by atoms with van der Waals surface area (Å²) in [6, 6.07) is 8.35. The maximum Gasteiger partial charge on any atom is 0.387 e. The number of ether oxygens (including phenoxy) is 1. The number of benzene rings is 1. The van der Waals surface area contributed by atoms with Gasteiger partial charge in [-0.25, -0.2) is 4.98 Å². The number of aromatic nitrogens is 1. The van der Waals surface area contributed by atoms with E-state index in [2.05, 4.69) is 15.0 Å². The molecule has 0 atom stereocenters. The lowest BCUT2D eigenvalue weighted by Gasteiger charge is -2.08. The zero-order valence-electron chi connectivity index (χ0n) is 10.5. The van der Waals surface area contributed by atoms with Crippen LogP contribution in [0.3, 0.4) is 0 Å². The number of nitrogens with zero attached hydrogens (tertiary/aromatic N) is 1. The Morgan fingerprint density at radius 2 is 1.90 bits per heavy atom. The molecule has 5 nitrogen and oxygen atoms in total. The van der Waals surface area contributed by atoms with Crippen LogP contribution in [0.4, 0.5) is 20.3 Å². The number of nitrogen functional groups attached to an aromatic ring is 1. The van der Waals surface area contributed by atoms with Crippen molar-refractivity contribution in [3.63, 3.8) is 0 Å². The van der Waals surface area contributed by atoms with Gasteiger partial charge < -0.3 is 15.8 Å². The molecule has 1 aromatic carbocycles. The average molecular weight is 314 g/mol. The van der Waals surface area contributed by atoms with Gasteiger partial charge in [0.15, 0.2) is 0 Å². The van der Waals surface area contributed by atoms with Crippen molar-refractivity contribution in [2.24, 2.45) is 0 Å². The van der Waals surface area contributed by atoms with E-state index in [1.54, 1.807) is 0 Å². The first kappa shape index (κ1) is 15.0. The average Bonchev–Trinajstić information content (AvgIpc) is 2.43. The number of carbonyl (C=O) groups excluding carboxylic acids is 1. The maximum absolute atomic E-state index is 12.0. The molecule has 0 saturated heterocycles. The molecule has 0 aliphatic rings. The summed E-state index contributed by atoms with van der Waals surface area (Å²) in [6.45, 7) is -2.90. The molecular formula is C13H10ClF2N3O2. The summed E-state index contributed by atoms with van der Waals surface area (Å²) in [7, 11) is 0. The highest BCUT2D eigenvalue weighted by atomic mass is 35.5. The summed E-state index contributed by atoms with van der Waals surface area (Å²) in [4.78, 5) is 15.8. The molecule has 1 amide bonds. The van der Waals surface area contributed by atoms with Crippen molar-refractivity contribution in [2.45, 2.75) is 6.61 Å². The highest BCUT2D eigenvalue weighted by Gasteiger charge is 2.13. The Labute approximate surface area is 123 Å². The van der Waals surface area contributed by atoms with Gasteiger partial charge in [-0.05, 0) is 36.4 Å². The van der Waals surface area contributed by atoms with Gasteiger partial charge in [-0.2, -0.15) is 8.78 Å². The van der Waals surface area contributed by atoms with Crippen LogP contribution in [0.2, 0.25) is 5.02 Å². The number of carbonyl (C=O) groups is 1. The van der Waals surface area contributed by atoms with Gasteiger partial charge in [-0.1, -0.05) is 11.6 Å². The van der Waals surface area contributed by atoms with Crippen LogP contribution in [0.1, 0.15) is 10.5 Å². The Morgan fingerprint density at radius 1 is 1.24 bits per heavy atom. The number of alkyl halides is 2. The summed E-state index contributed by atoms with van der Waals surface area (Å²) in [6.07, 6.45) is 0. The fourth-order valence-corrected chi connectivity index (χ4v) is 1.72. The van der Waals surface area contributed by atoms with Crippen molar-refractivity contribution < 1.29 is 18.3 Å². The second-order valence-electron chi connectivity index (χ2n) is 3.92. The molecule has 21 heavy (non-hydrogen) atoms. The van der Waals surface area contributed by atoms with Gasteiger partial charge in [-0.15, -0.1) is 0 Å². The zero-order chi connectivity index (χ0) is 15.4. The predicted molar refractivity (Wildman–Crippen MR) is 74.7 cm³/mol. The highest BCUT2D eigenvalue weighted by molar-refractivity contribution is 6.34. The molecule has 1 aromatic heterocycles. The molecule has 110 valence electrons. The van der Waals surface area contributed by atoms with Crippen molar-refractivity contribution in [1.82, 2.24) is 4.98 Å². The Hall–Kier alpha value is -2.41. The van der Waals surface area contributed by atoms with Crippen LogP contribution in [0, 0.1) is 0 Å². The first-order valence-corrected chi connectivity index (χ1v) is 6.12. The number of pyridine rings is 1. The highest BCUT2D eigenvalue weighted by Crippen LogP contribution is 2.20. The minimum atomic E-state index is -2.90. The fraction of sp³-hybridized carbons (Fsp3) is 0.0769. The summed E-state index contributed by atoms with van der Waals surface area (Å²) in [5, 5.41) is 2.67. The Kier molecular flexibility index (Phi) is 4.54. The summed E-state index contributed by atoms with van der Waals surface area (Å²) >= 11 is 5.86. The van der Waals surface area contributed by atoms with Crippen LogP contribution in [0.5, 0.6) is 5.75 Å². The number of hydrogen-bond acceptors (Lipinski definition) is 4. The first-order valence-electron chi connectivity index (χ1n) is 5.74. The van der Waals surface area contributed by atoms with Crippen LogP contribution < -0.4 is 15.8 Å². The second-order valence-corrected chi connectivity index (χ2v) is 4.33. The predicted octanol–water partition coefficient (Wildman–Crippen LogP) is 3.17. The smallest absolute Gasteiger partial charge is 0.387 e. The lowest BCUT2D eigenvalue weighted by atomic mass is 10.2. The number of amides is 1. The standard InChI is InChI=1S/C13H10ClF2N3O2/c14-9-5-6-10(17)19-11(9)12(20)18-7-1-3-8(4-2-7)21-13(15)16/h1-6,13H,(H2,17,19)(H,18,20). The molecule has 0 bridgehead atoms. The zero-order valence-corrected chi connectivity index (χ0v) is 11.3. The van der Waals surface area contributed by atoms with Crippen molar-refractivity contribution in [1.29, 1.82) is 0 Å². The number of hydrogen-bond donors (Lipinski definition) is 2. The van der Waals surface area contributed by atoms with Crippen LogP contribution in [-0.4, -0.2) is 17.5 Å². The van der Waals surface area contributed by atoms with E-state index in [1.165, 1.54) is 36.4 Å². The number of anilines is 2. The normalized spacial score (nSPS) is 10.5. The van der Waals surface area contributed by atoms with E-state index in [-0.39, 0.29) is 22.3 Å². The van der Waals surface area contributed by atoms with Gasteiger partial charge in [0.05, 0.1) is 5.02 Å². The van der Waals surface area contributed by atoms with E-state index in [0.29, 0.717) is 5.69 Å². The number of nitrogens with one attached hydrogen (secondary N) is 1. The molecule has 0 saturated carbocycles. The molecule has 2 rings (SSSR count). The van der Waals surface area contributed by atoms with Crippen LogP contribution in [0.25, 0.3) is 0 Å². The molecule has 0 unspecified atom stereocenters. The van der Waals surface area contributed by atoms with Gasteiger partial charge in [0, 0.05) is 5.69 Å². The molecule has 0 radical (unpaired) electrons. The van der Waals surface area contributed by atoms with E-state index in [4.69, 9.17) is 17.3 Å². The third kappa shape index (κ3) is 4.03. The molecule has 0 aliphatic carbocycles. The number of halogens is 3. The Balaban J connectivity index is 2.10.